The zero-order chi connectivity index (χ0) is 14.4. The summed E-state index contributed by atoms with van der Waals surface area (Å²) in [5.41, 5.74) is 1.01. The number of benzene rings is 1. The quantitative estimate of drug-likeness (QED) is 0.828. The van der Waals surface area contributed by atoms with Gasteiger partial charge in [-0.05, 0) is 66.0 Å². The number of carboxylic acid groups (broad SMARTS) is 1. The highest BCUT2D eigenvalue weighted by atomic mass is 79.9. The monoisotopic (exact) mass is 341 g/mol. The predicted octanol–water partition coefficient (Wildman–Crippen LogP) is 2.94. The third kappa shape index (κ3) is 4.80. The molecular formula is C15H20BrNO3. The summed E-state index contributed by atoms with van der Waals surface area (Å²) in [6.45, 7) is 4.01. The fourth-order valence-electron chi connectivity index (χ4n) is 2.36. The molecule has 110 valence electrons. The molecule has 1 fully saturated rings. The second kappa shape index (κ2) is 7.64. The maximum Gasteiger partial charge on any atom is 0.303 e. The molecule has 0 aromatic heterocycles. The molecule has 4 nitrogen and oxygen atoms in total. The van der Waals surface area contributed by atoms with Crippen molar-refractivity contribution in [3.05, 3.63) is 28.2 Å². The molecule has 0 saturated carbocycles. The third-order valence-corrected chi connectivity index (χ3v) is 4.11. The lowest BCUT2D eigenvalue weighted by atomic mass is 10.1. The van der Waals surface area contributed by atoms with Gasteiger partial charge in [-0.1, -0.05) is 6.07 Å². The lowest BCUT2D eigenvalue weighted by molar-refractivity contribution is -0.136. The van der Waals surface area contributed by atoms with Crippen LogP contribution in [0.4, 0.5) is 0 Å². The van der Waals surface area contributed by atoms with Gasteiger partial charge in [0.1, 0.15) is 12.4 Å². The molecule has 0 amide bonds. The topological polar surface area (TPSA) is 49.8 Å². The van der Waals surface area contributed by atoms with E-state index in [1.54, 1.807) is 0 Å². The van der Waals surface area contributed by atoms with Gasteiger partial charge in [-0.2, -0.15) is 0 Å². The molecule has 2 rings (SSSR count). The molecule has 0 aliphatic carbocycles. The van der Waals surface area contributed by atoms with Gasteiger partial charge in [-0.25, -0.2) is 0 Å². The molecule has 0 atom stereocenters. The van der Waals surface area contributed by atoms with Crippen LogP contribution in [0.25, 0.3) is 0 Å². The van der Waals surface area contributed by atoms with Crippen LogP contribution in [0.1, 0.15) is 24.8 Å². The molecule has 1 aliphatic heterocycles. The van der Waals surface area contributed by atoms with E-state index in [4.69, 9.17) is 9.84 Å². The Kier molecular flexibility index (Phi) is 5.86. The smallest absolute Gasteiger partial charge is 0.303 e. The van der Waals surface area contributed by atoms with Crippen LogP contribution in [0, 0.1) is 0 Å². The molecule has 0 radical (unpaired) electrons. The van der Waals surface area contributed by atoms with E-state index >= 15 is 0 Å². The summed E-state index contributed by atoms with van der Waals surface area (Å²) in [7, 11) is 0. The number of carboxylic acids is 1. The molecule has 1 saturated heterocycles. The Bertz CT molecular complexity index is 458. The van der Waals surface area contributed by atoms with Crippen LogP contribution in [0.3, 0.4) is 0 Å². The minimum absolute atomic E-state index is 0.154. The highest BCUT2D eigenvalue weighted by molar-refractivity contribution is 9.10. The van der Waals surface area contributed by atoms with Crippen LogP contribution in [0.5, 0.6) is 5.75 Å². The number of rotatable bonds is 7. The van der Waals surface area contributed by atoms with Crippen LogP contribution in [-0.4, -0.2) is 42.2 Å². The fraction of sp³-hybridized carbons (Fsp3) is 0.533. The van der Waals surface area contributed by atoms with Crippen molar-refractivity contribution in [2.45, 2.75) is 25.7 Å². The Morgan fingerprint density at radius 2 is 2.10 bits per heavy atom. The number of aryl methyl sites for hydroxylation is 1. The van der Waals surface area contributed by atoms with Crippen molar-refractivity contribution >= 4 is 21.9 Å². The molecule has 0 unspecified atom stereocenters. The summed E-state index contributed by atoms with van der Waals surface area (Å²) in [6.07, 6.45) is 3.29. The molecule has 20 heavy (non-hydrogen) atoms. The van der Waals surface area contributed by atoms with Crippen LogP contribution in [0.15, 0.2) is 22.7 Å². The number of ether oxygens (including phenoxy) is 1. The van der Waals surface area contributed by atoms with Crippen molar-refractivity contribution in [3.63, 3.8) is 0 Å². The van der Waals surface area contributed by atoms with Gasteiger partial charge in [0.15, 0.2) is 0 Å². The summed E-state index contributed by atoms with van der Waals surface area (Å²) < 4.78 is 6.67. The molecule has 0 bridgehead atoms. The summed E-state index contributed by atoms with van der Waals surface area (Å²) in [5.74, 6) is 0.0512. The Morgan fingerprint density at radius 3 is 2.75 bits per heavy atom. The maximum atomic E-state index is 10.6. The molecule has 0 spiro atoms. The number of hydrogen-bond acceptors (Lipinski definition) is 3. The van der Waals surface area contributed by atoms with Crippen molar-refractivity contribution in [1.29, 1.82) is 0 Å². The van der Waals surface area contributed by atoms with E-state index in [0.29, 0.717) is 13.0 Å². The van der Waals surface area contributed by atoms with Gasteiger partial charge in [0.2, 0.25) is 0 Å². The predicted molar refractivity (Wildman–Crippen MR) is 81.3 cm³/mol. The molecule has 1 aromatic carbocycles. The largest absolute Gasteiger partial charge is 0.491 e. The van der Waals surface area contributed by atoms with Crippen molar-refractivity contribution in [3.8, 4) is 5.75 Å². The van der Waals surface area contributed by atoms with Gasteiger partial charge < -0.3 is 9.84 Å². The van der Waals surface area contributed by atoms with Crippen molar-refractivity contribution in [2.75, 3.05) is 26.2 Å². The summed E-state index contributed by atoms with van der Waals surface area (Å²) in [5, 5.41) is 8.68. The first-order valence-electron chi connectivity index (χ1n) is 7.00. The van der Waals surface area contributed by atoms with Gasteiger partial charge >= 0.3 is 5.97 Å². The van der Waals surface area contributed by atoms with E-state index < -0.39 is 5.97 Å². The average molecular weight is 342 g/mol. The number of carbonyl (C=O) groups is 1. The average Bonchev–Trinajstić information content (AvgIpc) is 2.92. The second-order valence-electron chi connectivity index (χ2n) is 5.06. The fourth-order valence-corrected chi connectivity index (χ4v) is 2.90. The zero-order valence-electron chi connectivity index (χ0n) is 11.5. The summed E-state index contributed by atoms with van der Waals surface area (Å²) >= 11 is 3.48. The van der Waals surface area contributed by atoms with Crippen molar-refractivity contribution in [1.82, 2.24) is 4.90 Å². The molecule has 1 aliphatic rings. The molecule has 5 heteroatoms. The van der Waals surface area contributed by atoms with Gasteiger partial charge in [-0.3, -0.25) is 9.69 Å². The Labute approximate surface area is 127 Å². The zero-order valence-corrected chi connectivity index (χ0v) is 13.1. The number of likely N-dealkylation sites (tertiary alicyclic amines) is 1. The first kappa shape index (κ1) is 15.3. The number of aliphatic carboxylic acids is 1. The van der Waals surface area contributed by atoms with E-state index in [-0.39, 0.29) is 6.42 Å². The van der Waals surface area contributed by atoms with E-state index in [9.17, 15) is 4.79 Å². The van der Waals surface area contributed by atoms with Crippen LogP contribution >= 0.6 is 15.9 Å². The number of nitrogens with zero attached hydrogens (tertiary/aromatic N) is 1. The van der Waals surface area contributed by atoms with Crippen LogP contribution in [0.2, 0.25) is 0 Å². The molecule has 1 aromatic rings. The van der Waals surface area contributed by atoms with Crippen LogP contribution in [-0.2, 0) is 11.2 Å². The summed E-state index contributed by atoms with van der Waals surface area (Å²) in [6, 6.07) is 5.78. The van der Waals surface area contributed by atoms with Crippen molar-refractivity contribution in [2.24, 2.45) is 0 Å². The van der Waals surface area contributed by atoms with Gasteiger partial charge in [0, 0.05) is 13.0 Å². The van der Waals surface area contributed by atoms with Crippen molar-refractivity contribution < 1.29 is 14.6 Å². The minimum Gasteiger partial charge on any atom is -0.491 e. The highest BCUT2D eigenvalue weighted by Crippen LogP contribution is 2.26. The van der Waals surface area contributed by atoms with Gasteiger partial charge in [0.05, 0.1) is 4.47 Å². The standard InChI is InChI=1S/C15H20BrNO3/c16-13-11-12(4-6-15(18)19)3-5-14(13)20-10-9-17-7-1-2-8-17/h3,5,11H,1-2,4,6-10H2,(H,18,19). The first-order valence-corrected chi connectivity index (χ1v) is 7.80. The Morgan fingerprint density at radius 1 is 1.35 bits per heavy atom. The normalized spacial score (nSPS) is 15.4. The first-order chi connectivity index (χ1) is 9.65. The van der Waals surface area contributed by atoms with E-state index in [2.05, 4.69) is 20.8 Å². The lowest BCUT2D eigenvalue weighted by Gasteiger charge is -2.15. The number of halogens is 1. The molecule has 1 heterocycles. The van der Waals surface area contributed by atoms with Crippen LogP contribution < -0.4 is 4.74 Å². The molecule has 1 N–H and O–H groups in total. The Hall–Kier alpha value is -1.07. The minimum atomic E-state index is -0.771. The van der Waals surface area contributed by atoms with E-state index in [1.165, 1.54) is 25.9 Å². The van der Waals surface area contributed by atoms with E-state index in [0.717, 1.165) is 22.3 Å². The second-order valence-corrected chi connectivity index (χ2v) is 5.91. The number of hydrogen-bond donors (Lipinski definition) is 1. The lowest BCUT2D eigenvalue weighted by Crippen LogP contribution is -2.25. The Balaban J connectivity index is 1.80. The van der Waals surface area contributed by atoms with Gasteiger partial charge in [0.25, 0.3) is 0 Å². The third-order valence-electron chi connectivity index (χ3n) is 3.49. The highest BCUT2D eigenvalue weighted by Gasteiger charge is 2.11. The van der Waals surface area contributed by atoms with Gasteiger partial charge in [-0.15, -0.1) is 0 Å². The molecular weight excluding hydrogens is 322 g/mol. The SMILES string of the molecule is O=C(O)CCc1ccc(OCCN2CCCC2)c(Br)c1. The maximum absolute atomic E-state index is 10.6. The summed E-state index contributed by atoms with van der Waals surface area (Å²) in [4.78, 5) is 13.0. The van der Waals surface area contributed by atoms with E-state index in [1.807, 2.05) is 18.2 Å².